The Kier molecular flexibility index (Phi) is 6.82. The lowest BCUT2D eigenvalue weighted by Crippen LogP contribution is -2.16. The van der Waals surface area contributed by atoms with Crippen molar-refractivity contribution in [3.05, 3.63) is 84.2 Å². The zero-order valence-electron chi connectivity index (χ0n) is 17.7. The van der Waals surface area contributed by atoms with E-state index in [1.165, 1.54) is 31.2 Å². The summed E-state index contributed by atoms with van der Waals surface area (Å²) in [5.74, 6) is -0.855. The van der Waals surface area contributed by atoms with Crippen molar-refractivity contribution in [2.24, 2.45) is 0 Å². The first-order valence-corrected chi connectivity index (χ1v) is 11.2. The number of hydrogen-bond acceptors (Lipinski definition) is 6. The first-order chi connectivity index (χ1) is 16.8. The number of carbonyl (C=O) groups excluding carboxylic acids is 1. The molecule has 36 heavy (non-hydrogen) atoms. The summed E-state index contributed by atoms with van der Waals surface area (Å²) in [5, 5.41) is 18.0. The number of aromatic nitrogens is 3. The fourth-order valence-electron chi connectivity index (χ4n) is 3.15. The predicted octanol–water partition coefficient (Wildman–Crippen LogP) is 7.08. The monoisotopic (exact) mass is 603 g/mol. The molecule has 4 rings (SSSR count). The van der Waals surface area contributed by atoms with Crippen LogP contribution in [0.2, 0.25) is 10.0 Å². The summed E-state index contributed by atoms with van der Waals surface area (Å²) in [5.41, 5.74) is -2.24. The molecule has 1 N–H and O–H groups in total. The van der Waals surface area contributed by atoms with Crippen LogP contribution in [0.25, 0.3) is 5.65 Å². The molecule has 2 aromatic heterocycles. The minimum atomic E-state index is -4.76. The Morgan fingerprint density at radius 2 is 1.92 bits per heavy atom. The highest BCUT2D eigenvalue weighted by atomic mass is 79.9. The maximum absolute atomic E-state index is 13.5. The number of nitro groups is 1. The van der Waals surface area contributed by atoms with Gasteiger partial charge in [0.2, 0.25) is 0 Å². The van der Waals surface area contributed by atoms with Gasteiger partial charge < -0.3 is 10.1 Å². The van der Waals surface area contributed by atoms with Crippen molar-refractivity contribution >= 4 is 62.1 Å². The number of non-ortho nitro benzene ring substituents is 1. The second kappa shape index (κ2) is 9.56. The van der Waals surface area contributed by atoms with E-state index < -0.39 is 34.1 Å². The number of halogens is 6. The number of hydrogen-bond donors (Lipinski definition) is 1. The normalized spacial score (nSPS) is 11.5. The molecule has 186 valence electrons. The number of nitrogens with zero attached hydrogens (tertiary/aromatic N) is 4. The number of nitrogens with one attached hydrogen (secondary N) is 1. The highest BCUT2D eigenvalue weighted by Crippen LogP contribution is 2.36. The molecule has 2 aromatic carbocycles. The number of carbonyl (C=O) groups is 1. The van der Waals surface area contributed by atoms with Crippen LogP contribution in [0.3, 0.4) is 0 Å². The first kappa shape index (κ1) is 25.7. The molecule has 0 saturated heterocycles. The molecule has 2 heterocycles. The summed E-state index contributed by atoms with van der Waals surface area (Å²) in [6, 6.07) is 8.55. The summed E-state index contributed by atoms with van der Waals surface area (Å²) < 4.78 is 46.5. The van der Waals surface area contributed by atoms with E-state index in [1.54, 1.807) is 0 Å². The van der Waals surface area contributed by atoms with Gasteiger partial charge in [-0.1, -0.05) is 23.2 Å². The molecule has 1 amide bonds. The van der Waals surface area contributed by atoms with E-state index in [9.17, 15) is 28.1 Å². The van der Waals surface area contributed by atoms with Gasteiger partial charge in [0, 0.05) is 22.8 Å². The Hall–Kier alpha value is -3.42. The van der Waals surface area contributed by atoms with Crippen LogP contribution in [0.15, 0.2) is 46.9 Å². The SMILES string of the molecule is Cc1cc(C(F)(F)F)n2nc(C(=O)Nc3cc(Oc4ccc(Cl)cc4Cl)cc([N+](=O)[O-])c3)c(Br)c2n1. The van der Waals surface area contributed by atoms with Crippen LogP contribution in [0, 0.1) is 17.0 Å². The molecule has 9 nitrogen and oxygen atoms in total. The second-order valence-corrected chi connectivity index (χ2v) is 8.92. The molecule has 0 saturated carbocycles. The number of fused-ring (bicyclic) bond motifs is 1. The molecule has 0 spiro atoms. The van der Waals surface area contributed by atoms with Crippen LogP contribution < -0.4 is 10.1 Å². The molecule has 0 fully saturated rings. The van der Waals surface area contributed by atoms with Crippen molar-refractivity contribution < 1.29 is 27.6 Å². The molecule has 15 heteroatoms. The molecular weight excluding hydrogens is 594 g/mol. The van der Waals surface area contributed by atoms with Gasteiger partial charge in [-0.2, -0.15) is 18.3 Å². The number of rotatable bonds is 5. The number of alkyl halides is 3. The van der Waals surface area contributed by atoms with Gasteiger partial charge in [-0.25, -0.2) is 9.50 Å². The van der Waals surface area contributed by atoms with E-state index in [0.29, 0.717) is 9.54 Å². The summed E-state index contributed by atoms with van der Waals surface area (Å²) in [4.78, 5) is 27.6. The topological polar surface area (TPSA) is 112 Å². The Morgan fingerprint density at radius 1 is 1.19 bits per heavy atom. The van der Waals surface area contributed by atoms with Crippen LogP contribution in [0.5, 0.6) is 11.5 Å². The summed E-state index contributed by atoms with van der Waals surface area (Å²) in [6.45, 7) is 1.37. The predicted molar refractivity (Wildman–Crippen MR) is 128 cm³/mol. The largest absolute Gasteiger partial charge is 0.455 e. The number of ether oxygens (including phenoxy) is 1. The molecule has 0 aliphatic heterocycles. The van der Waals surface area contributed by atoms with E-state index in [2.05, 4.69) is 31.3 Å². The summed E-state index contributed by atoms with van der Waals surface area (Å²) in [7, 11) is 0. The quantitative estimate of drug-likeness (QED) is 0.192. The van der Waals surface area contributed by atoms with Crippen molar-refractivity contribution in [1.29, 1.82) is 0 Å². The van der Waals surface area contributed by atoms with E-state index in [0.717, 1.165) is 18.2 Å². The molecule has 4 aromatic rings. The van der Waals surface area contributed by atoms with Gasteiger partial charge in [-0.3, -0.25) is 14.9 Å². The van der Waals surface area contributed by atoms with Gasteiger partial charge in [0.05, 0.1) is 26.2 Å². The first-order valence-electron chi connectivity index (χ1n) is 9.70. The molecule has 0 unspecified atom stereocenters. The summed E-state index contributed by atoms with van der Waals surface area (Å²) in [6.07, 6.45) is -4.76. The highest BCUT2D eigenvalue weighted by Gasteiger charge is 2.36. The van der Waals surface area contributed by atoms with Crippen molar-refractivity contribution in [1.82, 2.24) is 14.6 Å². The van der Waals surface area contributed by atoms with Crippen LogP contribution in [0.4, 0.5) is 24.5 Å². The zero-order valence-corrected chi connectivity index (χ0v) is 20.8. The van der Waals surface area contributed by atoms with Gasteiger partial charge in [0.1, 0.15) is 17.2 Å². The summed E-state index contributed by atoms with van der Waals surface area (Å²) >= 11 is 15.0. The average molecular weight is 605 g/mol. The minimum absolute atomic E-state index is 0.0468. The maximum atomic E-state index is 13.5. The van der Waals surface area contributed by atoms with Gasteiger partial charge >= 0.3 is 6.18 Å². The molecular formula is C21H11BrCl2F3N5O4. The van der Waals surface area contributed by atoms with Gasteiger partial charge in [-0.05, 0) is 47.1 Å². The third-order valence-electron chi connectivity index (χ3n) is 4.65. The Morgan fingerprint density at radius 3 is 2.56 bits per heavy atom. The third kappa shape index (κ3) is 5.22. The number of aryl methyl sites for hydroxylation is 1. The molecule has 0 bridgehead atoms. The highest BCUT2D eigenvalue weighted by molar-refractivity contribution is 9.10. The number of benzene rings is 2. The van der Waals surface area contributed by atoms with Crippen molar-refractivity contribution in [2.45, 2.75) is 13.1 Å². The van der Waals surface area contributed by atoms with Gasteiger partial charge in [0.25, 0.3) is 11.6 Å². The van der Waals surface area contributed by atoms with E-state index >= 15 is 0 Å². The molecule has 0 radical (unpaired) electrons. The van der Waals surface area contributed by atoms with E-state index in [4.69, 9.17) is 27.9 Å². The lowest BCUT2D eigenvalue weighted by Gasteiger charge is -2.10. The fraction of sp³-hybridized carbons (Fsp3) is 0.0952. The maximum Gasteiger partial charge on any atom is 0.433 e. The Labute approximate surface area is 218 Å². The van der Waals surface area contributed by atoms with E-state index in [1.807, 2.05) is 0 Å². The smallest absolute Gasteiger partial charge is 0.433 e. The van der Waals surface area contributed by atoms with Crippen molar-refractivity contribution in [2.75, 3.05) is 5.32 Å². The third-order valence-corrected chi connectivity index (χ3v) is 5.91. The van der Waals surface area contributed by atoms with Crippen molar-refractivity contribution in [3.8, 4) is 11.5 Å². The Balaban J connectivity index is 1.71. The number of amides is 1. The fourth-order valence-corrected chi connectivity index (χ4v) is 4.12. The Bertz CT molecular complexity index is 1540. The molecule has 0 aliphatic carbocycles. The van der Waals surface area contributed by atoms with Crippen LogP contribution >= 0.6 is 39.1 Å². The minimum Gasteiger partial charge on any atom is -0.455 e. The standard InChI is InChI=1S/C21H11BrCl2F3N5O4/c1-9-4-16(21(25,26)27)31-19(28-9)17(22)18(30-31)20(33)29-11-6-12(32(34)35)8-13(7-11)36-15-3-2-10(23)5-14(15)24/h2-8H,1H3,(H,29,33). The average Bonchev–Trinajstić information content (AvgIpc) is 3.10. The van der Waals surface area contributed by atoms with Crippen LogP contribution in [-0.4, -0.2) is 25.4 Å². The number of anilines is 1. The van der Waals surface area contributed by atoms with E-state index in [-0.39, 0.29) is 38.0 Å². The van der Waals surface area contributed by atoms with Crippen molar-refractivity contribution in [3.63, 3.8) is 0 Å². The zero-order chi connectivity index (χ0) is 26.4. The number of nitro benzene ring substituents is 1. The van der Waals surface area contributed by atoms with Crippen LogP contribution in [-0.2, 0) is 6.18 Å². The molecule has 0 aliphatic rings. The lowest BCUT2D eigenvalue weighted by molar-refractivity contribution is -0.384. The molecule has 0 atom stereocenters. The van der Waals surface area contributed by atoms with Gasteiger partial charge in [0.15, 0.2) is 11.3 Å². The second-order valence-electron chi connectivity index (χ2n) is 7.28. The van der Waals surface area contributed by atoms with Gasteiger partial charge in [-0.15, -0.1) is 0 Å². The lowest BCUT2D eigenvalue weighted by atomic mass is 10.2. The van der Waals surface area contributed by atoms with Crippen LogP contribution in [0.1, 0.15) is 21.9 Å².